The van der Waals surface area contributed by atoms with Gasteiger partial charge in [-0.1, -0.05) is 86.1 Å². The van der Waals surface area contributed by atoms with Gasteiger partial charge in [0.15, 0.2) is 0 Å². The van der Waals surface area contributed by atoms with E-state index in [2.05, 4.69) is 0 Å². The highest BCUT2D eigenvalue weighted by molar-refractivity contribution is 7.89. The Balaban J connectivity index is 2.01. The highest BCUT2D eigenvalue weighted by atomic mass is 35.5. The molecule has 0 aliphatic heterocycles. The third-order valence-corrected chi connectivity index (χ3v) is 8.18. The van der Waals surface area contributed by atoms with Crippen LogP contribution in [0.4, 0.5) is 4.79 Å². The van der Waals surface area contributed by atoms with Gasteiger partial charge in [-0.15, -0.1) is 0 Å². The largest absolute Gasteiger partial charge is 0.465 e. The first-order chi connectivity index (χ1) is 17.5. The quantitative estimate of drug-likeness (QED) is 0.294. The van der Waals surface area contributed by atoms with Crippen LogP contribution in [0.5, 0.6) is 0 Å². The average molecular weight is 545 g/mol. The fourth-order valence-electron chi connectivity index (χ4n) is 4.14. The van der Waals surface area contributed by atoms with Crippen molar-refractivity contribution >= 4 is 27.7 Å². The highest BCUT2D eigenvalue weighted by Crippen LogP contribution is 2.31. The van der Waals surface area contributed by atoms with Gasteiger partial charge in [-0.25, -0.2) is 13.2 Å². The molecule has 0 saturated carbocycles. The Hall–Kier alpha value is -2.91. The predicted molar refractivity (Wildman–Crippen MR) is 145 cm³/mol. The van der Waals surface area contributed by atoms with Gasteiger partial charge in [0.05, 0.1) is 4.90 Å². The van der Waals surface area contributed by atoms with Crippen molar-refractivity contribution in [1.29, 1.82) is 0 Å². The molecule has 3 aromatic carbocycles. The van der Waals surface area contributed by atoms with Gasteiger partial charge < -0.3 is 15.1 Å². The van der Waals surface area contributed by atoms with E-state index < -0.39 is 21.8 Å². The Morgan fingerprint density at radius 2 is 1.46 bits per heavy atom. The van der Waals surface area contributed by atoms with Crippen LogP contribution < -0.4 is 0 Å². The number of halogens is 1. The monoisotopic (exact) mass is 544 g/mol. The molecule has 198 valence electrons. The number of carboxylic acid groups (broad SMARTS) is 1. The molecule has 9 heteroatoms. The van der Waals surface area contributed by atoms with E-state index in [1.807, 2.05) is 74.5 Å². The van der Waals surface area contributed by atoms with Crippen LogP contribution in [0.25, 0.3) is 0 Å². The second-order valence-corrected chi connectivity index (χ2v) is 11.8. The molecule has 1 amide bonds. The van der Waals surface area contributed by atoms with Crippen LogP contribution in [-0.2, 0) is 23.0 Å². The van der Waals surface area contributed by atoms with Gasteiger partial charge in [0, 0.05) is 37.5 Å². The number of amides is 1. The van der Waals surface area contributed by atoms with E-state index in [1.54, 1.807) is 0 Å². The van der Waals surface area contributed by atoms with Crippen molar-refractivity contribution < 1.29 is 23.4 Å². The van der Waals surface area contributed by atoms with Crippen LogP contribution in [0.3, 0.4) is 0 Å². The Bertz CT molecular complexity index is 1250. The number of sulfonamides is 1. The van der Waals surface area contributed by atoms with Crippen LogP contribution in [0.1, 0.15) is 31.4 Å². The maximum absolute atomic E-state index is 13.9. The molecular formula is C28H33ClN2O5S. The lowest BCUT2D eigenvalue weighted by molar-refractivity contribution is -0.0752. The lowest BCUT2D eigenvalue weighted by Crippen LogP contribution is -2.56. The molecule has 0 radical (unpaired) electrons. The Labute approximate surface area is 224 Å². The summed E-state index contributed by atoms with van der Waals surface area (Å²) in [6.07, 6.45) is -1.28. The summed E-state index contributed by atoms with van der Waals surface area (Å²) in [6.45, 7) is 3.82. The Kier molecular flexibility index (Phi) is 9.73. The summed E-state index contributed by atoms with van der Waals surface area (Å²) >= 11 is 5.98. The average Bonchev–Trinajstić information content (AvgIpc) is 2.86. The van der Waals surface area contributed by atoms with E-state index in [0.29, 0.717) is 5.02 Å². The molecule has 37 heavy (non-hydrogen) atoms. The topological polar surface area (TPSA) is 98.2 Å². The molecule has 0 aliphatic rings. The first-order valence-electron chi connectivity index (χ1n) is 12.1. The minimum Gasteiger partial charge on any atom is -0.465 e. The van der Waals surface area contributed by atoms with Crippen molar-refractivity contribution in [2.24, 2.45) is 5.92 Å². The smallest absolute Gasteiger partial charge is 0.407 e. The van der Waals surface area contributed by atoms with Gasteiger partial charge in [-0.3, -0.25) is 0 Å². The van der Waals surface area contributed by atoms with Crippen molar-refractivity contribution in [3.05, 3.63) is 101 Å². The molecule has 2 N–H and O–H groups in total. The summed E-state index contributed by atoms with van der Waals surface area (Å²) in [5.74, 6) is -0.107. The molecule has 0 heterocycles. The van der Waals surface area contributed by atoms with Crippen LogP contribution in [0.15, 0.2) is 89.8 Å². The van der Waals surface area contributed by atoms with E-state index in [0.717, 1.165) is 15.4 Å². The summed E-state index contributed by atoms with van der Waals surface area (Å²) in [5, 5.41) is 22.4. The van der Waals surface area contributed by atoms with Crippen molar-refractivity contribution in [1.82, 2.24) is 9.21 Å². The first kappa shape index (κ1) is 28.7. The molecule has 0 aliphatic carbocycles. The summed E-state index contributed by atoms with van der Waals surface area (Å²) in [6, 6.07) is 24.0. The van der Waals surface area contributed by atoms with Crippen LogP contribution >= 0.6 is 11.6 Å². The number of hydrogen-bond donors (Lipinski definition) is 2. The zero-order chi connectivity index (χ0) is 27.1. The van der Waals surface area contributed by atoms with Gasteiger partial charge in [0.1, 0.15) is 5.72 Å². The maximum Gasteiger partial charge on any atom is 0.407 e. The SMILES string of the molecule is CC(C)CN(C(O)(CCN(Cc1ccccc1)C(=O)O)Cc1ccccc1)S(=O)(=O)c1ccc(Cl)cc1. The molecule has 1 unspecified atom stereocenters. The van der Waals surface area contributed by atoms with Crippen LogP contribution in [0.2, 0.25) is 5.02 Å². The van der Waals surface area contributed by atoms with E-state index in [9.17, 15) is 23.4 Å². The lowest BCUT2D eigenvalue weighted by Gasteiger charge is -2.41. The van der Waals surface area contributed by atoms with Crippen LogP contribution in [0, 0.1) is 5.92 Å². The molecule has 0 saturated heterocycles. The summed E-state index contributed by atoms with van der Waals surface area (Å²) < 4.78 is 28.9. The number of carbonyl (C=O) groups is 1. The van der Waals surface area contributed by atoms with Gasteiger partial charge in [-0.2, -0.15) is 4.31 Å². The molecule has 0 bridgehead atoms. The van der Waals surface area contributed by atoms with Crippen molar-refractivity contribution in [2.45, 2.75) is 43.9 Å². The van der Waals surface area contributed by atoms with Crippen LogP contribution in [-0.4, -0.2) is 52.7 Å². The van der Waals surface area contributed by atoms with E-state index >= 15 is 0 Å². The van der Waals surface area contributed by atoms with E-state index in [-0.39, 0.29) is 43.3 Å². The van der Waals surface area contributed by atoms with Crippen molar-refractivity contribution in [2.75, 3.05) is 13.1 Å². The van der Waals surface area contributed by atoms with Crippen molar-refractivity contribution in [3.8, 4) is 0 Å². The number of aliphatic hydroxyl groups is 1. The minimum atomic E-state index is -4.16. The second kappa shape index (κ2) is 12.6. The molecule has 3 rings (SSSR count). The standard InChI is InChI=1S/C28H33ClN2O5S/c1-22(2)20-31(37(35,36)26-15-13-25(29)14-16-26)28(34,19-23-9-5-3-6-10-23)17-18-30(27(32)33)21-24-11-7-4-8-12-24/h3-16,22,34H,17-21H2,1-2H3,(H,32,33). The number of nitrogens with zero attached hydrogens (tertiary/aromatic N) is 2. The predicted octanol–water partition coefficient (Wildman–Crippen LogP) is 5.49. The molecule has 0 aromatic heterocycles. The third kappa shape index (κ3) is 7.79. The first-order valence-corrected chi connectivity index (χ1v) is 13.9. The fourth-order valence-corrected chi connectivity index (χ4v) is 6.10. The molecule has 0 spiro atoms. The van der Waals surface area contributed by atoms with E-state index in [1.165, 1.54) is 29.2 Å². The molecule has 1 atom stereocenters. The Morgan fingerprint density at radius 1 is 0.919 bits per heavy atom. The summed E-state index contributed by atoms with van der Waals surface area (Å²) in [5.41, 5.74) is -0.367. The number of rotatable bonds is 12. The zero-order valence-corrected chi connectivity index (χ0v) is 22.6. The van der Waals surface area contributed by atoms with Gasteiger partial charge in [-0.05, 0) is 41.3 Å². The van der Waals surface area contributed by atoms with Gasteiger partial charge >= 0.3 is 6.09 Å². The molecule has 7 nitrogen and oxygen atoms in total. The maximum atomic E-state index is 13.9. The Morgan fingerprint density at radius 3 is 1.97 bits per heavy atom. The molecular weight excluding hydrogens is 512 g/mol. The number of hydrogen-bond acceptors (Lipinski definition) is 4. The third-order valence-electron chi connectivity index (χ3n) is 6.00. The van der Waals surface area contributed by atoms with Gasteiger partial charge in [0.25, 0.3) is 0 Å². The zero-order valence-electron chi connectivity index (χ0n) is 21.0. The normalized spacial score (nSPS) is 13.5. The highest BCUT2D eigenvalue weighted by Gasteiger charge is 2.43. The minimum absolute atomic E-state index is 0.00316. The second-order valence-electron chi connectivity index (χ2n) is 9.47. The number of benzene rings is 3. The van der Waals surface area contributed by atoms with Crippen molar-refractivity contribution in [3.63, 3.8) is 0 Å². The summed E-state index contributed by atoms with van der Waals surface area (Å²) in [4.78, 5) is 13.3. The fraction of sp³-hybridized carbons (Fsp3) is 0.321. The van der Waals surface area contributed by atoms with Gasteiger partial charge in [0.2, 0.25) is 10.0 Å². The molecule has 3 aromatic rings. The summed E-state index contributed by atoms with van der Waals surface area (Å²) in [7, 11) is -4.16. The van der Waals surface area contributed by atoms with E-state index in [4.69, 9.17) is 11.6 Å². The lowest BCUT2D eigenvalue weighted by atomic mass is 9.98. The molecule has 0 fully saturated rings.